The quantitative estimate of drug-likeness (QED) is 0.677. The molecule has 26 heavy (non-hydrogen) atoms. The van der Waals surface area contributed by atoms with Gasteiger partial charge in [0.25, 0.3) is 5.91 Å². The van der Waals surface area contributed by atoms with Crippen LogP contribution in [0.2, 0.25) is 0 Å². The summed E-state index contributed by atoms with van der Waals surface area (Å²) in [5, 5.41) is 2.93. The van der Waals surface area contributed by atoms with Gasteiger partial charge in [0.2, 0.25) is 0 Å². The van der Waals surface area contributed by atoms with Gasteiger partial charge in [-0.3, -0.25) is 4.79 Å². The average Bonchev–Trinajstić information content (AvgIpc) is 3.14. The summed E-state index contributed by atoms with van der Waals surface area (Å²) in [7, 11) is 0. The van der Waals surface area contributed by atoms with Gasteiger partial charge >= 0.3 is 6.61 Å². The van der Waals surface area contributed by atoms with Crippen LogP contribution in [-0.2, 0) is 6.42 Å². The number of amides is 1. The van der Waals surface area contributed by atoms with Crippen LogP contribution in [-0.4, -0.2) is 22.5 Å². The van der Waals surface area contributed by atoms with Gasteiger partial charge < -0.3 is 15.0 Å². The molecular weight excluding hydrogens is 340 g/mol. The fraction of sp³-hybridized carbons (Fsp3) is 0.158. The van der Waals surface area contributed by atoms with E-state index in [0.717, 1.165) is 11.4 Å². The Morgan fingerprint density at radius 3 is 2.65 bits per heavy atom. The SMILES string of the molecule is O=C(NC(Cc1ncc[nH]1)c1ccccc1)c1cccc(OC(F)F)c1. The van der Waals surface area contributed by atoms with E-state index in [1.54, 1.807) is 18.5 Å². The topological polar surface area (TPSA) is 67.0 Å². The monoisotopic (exact) mass is 357 g/mol. The van der Waals surface area contributed by atoms with Crippen LogP contribution in [0.1, 0.15) is 27.8 Å². The Kier molecular flexibility index (Phi) is 5.58. The molecule has 1 atom stereocenters. The van der Waals surface area contributed by atoms with Gasteiger partial charge in [-0.2, -0.15) is 8.78 Å². The number of alkyl halides is 2. The van der Waals surface area contributed by atoms with Crippen molar-refractivity contribution in [3.05, 3.63) is 83.9 Å². The van der Waals surface area contributed by atoms with Crippen LogP contribution in [0.15, 0.2) is 67.0 Å². The maximum Gasteiger partial charge on any atom is 0.387 e. The Balaban J connectivity index is 1.79. The van der Waals surface area contributed by atoms with Gasteiger partial charge in [-0.25, -0.2) is 4.98 Å². The molecule has 1 aromatic heterocycles. The first-order valence-electron chi connectivity index (χ1n) is 8.01. The molecule has 2 N–H and O–H groups in total. The van der Waals surface area contributed by atoms with Gasteiger partial charge in [-0.05, 0) is 23.8 Å². The maximum absolute atomic E-state index is 12.6. The third kappa shape index (κ3) is 4.66. The molecule has 0 bridgehead atoms. The summed E-state index contributed by atoms with van der Waals surface area (Å²) in [5.41, 5.74) is 1.15. The minimum absolute atomic E-state index is 0.0602. The van der Waals surface area contributed by atoms with Gasteiger partial charge in [0.1, 0.15) is 11.6 Å². The second kappa shape index (κ2) is 8.24. The predicted molar refractivity (Wildman–Crippen MR) is 92.0 cm³/mol. The second-order valence-corrected chi connectivity index (χ2v) is 5.58. The fourth-order valence-electron chi connectivity index (χ4n) is 2.60. The van der Waals surface area contributed by atoms with Crippen LogP contribution >= 0.6 is 0 Å². The molecule has 1 heterocycles. The lowest BCUT2D eigenvalue weighted by molar-refractivity contribution is -0.0498. The number of nitrogens with one attached hydrogen (secondary N) is 2. The molecule has 3 aromatic rings. The van der Waals surface area contributed by atoms with E-state index in [0.29, 0.717) is 6.42 Å². The highest BCUT2D eigenvalue weighted by atomic mass is 19.3. The molecule has 5 nitrogen and oxygen atoms in total. The number of carbonyl (C=O) groups is 1. The van der Waals surface area contributed by atoms with Crippen molar-refractivity contribution in [3.8, 4) is 5.75 Å². The van der Waals surface area contributed by atoms with E-state index in [1.807, 2.05) is 30.3 Å². The number of carbonyl (C=O) groups excluding carboxylic acids is 1. The first kappa shape index (κ1) is 17.6. The lowest BCUT2D eigenvalue weighted by atomic mass is 10.0. The summed E-state index contributed by atoms with van der Waals surface area (Å²) in [4.78, 5) is 19.8. The van der Waals surface area contributed by atoms with E-state index in [1.165, 1.54) is 18.2 Å². The van der Waals surface area contributed by atoms with Crippen LogP contribution in [0.3, 0.4) is 0 Å². The summed E-state index contributed by atoms with van der Waals surface area (Å²) in [6.45, 7) is -2.94. The lowest BCUT2D eigenvalue weighted by Gasteiger charge is -2.18. The van der Waals surface area contributed by atoms with Gasteiger partial charge in [0.05, 0.1) is 6.04 Å². The Hall–Kier alpha value is -3.22. The number of aromatic nitrogens is 2. The molecule has 0 radical (unpaired) electrons. The van der Waals surface area contributed by atoms with Crippen molar-refractivity contribution in [2.75, 3.05) is 0 Å². The number of nitrogens with zero attached hydrogens (tertiary/aromatic N) is 1. The number of imidazole rings is 1. The van der Waals surface area contributed by atoms with Crippen molar-refractivity contribution in [3.63, 3.8) is 0 Å². The zero-order valence-electron chi connectivity index (χ0n) is 13.7. The van der Waals surface area contributed by atoms with Gasteiger partial charge in [0.15, 0.2) is 0 Å². The number of hydrogen-bond acceptors (Lipinski definition) is 3. The van der Waals surface area contributed by atoms with Crippen LogP contribution in [0.5, 0.6) is 5.75 Å². The number of benzene rings is 2. The Morgan fingerprint density at radius 1 is 1.15 bits per heavy atom. The van der Waals surface area contributed by atoms with E-state index in [4.69, 9.17) is 0 Å². The molecule has 134 valence electrons. The van der Waals surface area contributed by atoms with Gasteiger partial charge in [0, 0.05) is 24.4 Å². The van der Waals surface area contributed by atoms with E-state index in [2.05, 4.69) is 20.0 Å². The Labute approximate surface area is 149 Å². The van der Waals surface area contributed by atoms with Crippen molar-refractivity contribution in [2.24, 2.45) is 0 Å². The molecule has 0 saturated heterocycles. The van der Waals surface area contributed by atoms with Crippen molar-refractivity contribution in [1.82, 2.24) is 15.3 Å². The third-order valence-corrected chi connectivity index (χ3v) is 3.78. The predicted octanol–water partition coefficient (Wildman–Crippen LogP) is 3.72. The summed E-state index contributed by atoms with van der Waals surface area (Å²) >= 11 is 0. The largest absolute Gasteiger partial charge is 0.435 e. The molecule has 0 saturated carbocycles. The highest BCUT2D eigenvalue weighted by Crippen LogP contribution is 2.20. The average molecular weight is 357 g/mol. The smallest absolute Gasteiger partial charge is 0.387 e. The molecule has 0 aliphatic heterocycles. The minimum atomic E-state index is -2.94. The number of hydrogen-bond donors (Lipinski definition) is 2. The third-order valence-electron chi connectivity index (χ3n) is 3.78. The van der Waals surface area contributed by atoms with Crippen LogP contribution in [0, 0.1) is 0 Å². The zero-order valence-corrected chi connectivity index (χ0v) is 13.7. The molecular formula is C19H17F2N3O2. The van der Waals surface area contributed by atoms with Crippen LogP contribution in [0.25, 0.3) is 0 Å². The Bertz CT molecular complexity index is 839. The maximum atomic E-state index is 12.6. The fourth-order valence-corrected chi connectivity index (χ4v) is 2.60. The second-order valence-electron chi connectivity index (χ2n) is 5.58. The highest BCUT2D eigenvalue weighted by Gasteiger charge is 2.18. The van der Waals surface area contributed by atoms with E-state index in [9.17, 15) is 13.6 Å². The summed E-state index contributed by atoms with van der Waals surface area (Å²) in [5.74, 6) is 0.286. The van der Waals surface area contributed by atoms with Crippen molar-refractivity contribution in [2.45, 2.75) is 19.1 Å². The van der Waals surface area contributed by atoms with Crippen LogP contribution < -0.4 is 10.1 Å². The standard InChI is InChI=1S/C19H17F2N3O2/c20-19(21)26-15-8-4-7-14(11-15)18(25)24-16(12-17-22-9-10-23-17)13-5-2-1-3-6-13/h1-11,16,19H,12H2,(H,22,23)(H,24,25). The zero-order chi connectivity index (χ0) is 18.4. The number of ether oxygens (including phenoxy) is 1. The summed E-state index contributed by atoms with van der Waals surface area (Å²) < 4.78 is 29.1. The Morgan fingerprint density at radius 2 is 1.96 bits per heavy atom. The first-order valence-corrected chi connectivity index (χ1v) is 8.01. The summed E-state index contributed by atoms with van der Waals surface area (Å²) in [6.07, 6.45) is 3.82. The molecule has 0 aliphatic carbocycles. The number of halogens is 2. The van der Waals surface area contributed by atoms with Crippen LogP contribution in [0.4, 0.5) is 8.78 Å². The molecule has 3 rings (SSSR count). The first-order chi connectivity index (χ1) is 12.6. The molecule has 2 aromatic carbocycles. The minimum Gasteiger partial charge on any atom is -0.435 e. The van der Waals surface area contributed by atoms with Crippen molar-refractivity contribution < 1.29 is 18.3 Å². The number of aromatic amines is 1. The van der Waals surface area contributed by atoms with E-state index >= 15 is 0 Å². The normalized spacial score (nSPS) is 12.0. The van der Waals surface area contributed by atoms with Gasteiger partial charge in [-0.15, -0.1) is 0 Å². The lowest BCUT2D eigenvalue weighted by Crippen LogP contribution is -2.30. The highest BCUT2D eigenvalue weighted by molar-refractivity contribution is 5.94. The van der Waals surface area contributed by atoms with E-state index < -0.39 is 6.61 Å². The van der Waals surface area contributed by atoms with Crippen molar-refractivity contribution in [1.29, 1.82) is 0 Å². The number of rotatable bonds is 7. The number of H-pyrrole nitrogens is 1. The van der Waals surface area contributed by atoms with Crippen molar-refractivity contribution >= 4 is 5.91 Å². The molecule has 0 spiro atoms. The van der Waals surface area contributed by atoms with Gasteiger partial charge in [-0.1, -0.05) is 36.4 Å². The molecule has 1 amide bonds. The molecule has 0 aliphatic rings. The molecule has 7 heteroatoms. The van der Waals surface area contributed by atoms with E-state index in [-0.39, 0.29) is 23.3 Å². The summed E-state index contributed by atoms with van der Waals surface area (Å²) in [6, 6.07) is 14.8. The molecule has 0 fully saturated rings. The molecule has 1 unspecified atom stereocenters.